The lowest BCUT2D eigenvalue weighted by Crippen LogP contribution is -2.06. The van der Waals surface area contributed by atoms with Gasteiger partial charge < -0.3 is 8.37 Å². The quantitative estimate of drug-likeness (QED) is 0.699. The molecule has 0 bridgehead atoms. The maximum atomic E-state index is 10.6. The van der Waals surface area contributed by atoms with E-state index in [9.17, 15) is 9.59 Å². The van der Waals surface area contributed by atoms with E-state index in [1.165, 1.54) is 13.8 Å². The van der Waals surface area contributed by atoms with E-state index >= 15 is 0 Å². The van der Waals surface area contributed by atoms with Gasteiger partial charge in [0, 0.05) is 13.8 Å². The Balaban J connectivity index is 3.87. The van der Waals surface area contributed by atoms with Crippen molar-refractivity contribution < 1.29 is 18.0 Å². The minimum absolute atomic E-state index is 0.400. The first-order valence-electron chi connectivity index (χ1n) is 4.20. The Morgan fingerprint density at radius 3 is 1.92 bits per heavy atom. The highest BCUT2D eigenvalue weighted by Crippen LogP contribution is 2.29. The molecule has 13 heavy (non-hydrogen) atoms. The minimum atomic E-state index is -1.34. The van der Waals surface area contributed by atoms with Crippen molar-refractivity contribution in [3.05, 3.63) is 0 Å². The molecule has 4 nitrogen and oxygen atoms in total. The fourth-order valence-electron chi connectivity index (χ4n) is 0.684. The highest BCUT2D eigenvalue weighted by atomic mass is 32.2. The van der Waals surface area contributed by atoms with Crippen molar-refractivity contribution in [3.63, 3.8) is 0 Å². The fourth-order valence-corrected chi connectivity index (χ4v) is 2.05. The van der Waals surface area contributed by atoms with Crippen LogP contribution < -0.4 is 0 Å². The molecule has 0 aliphatic carbocycles. The van der Waals surface area contributed by atoms with E-state index in [0.717, 1.165) is 12.8 Å². The molecule has 0 fully saturated rings. The predicted molar refractivity (Wildman–Crippen MR) is 52.3 cm³/mol. The summed E-state index contributed by atoms with van der Waals surface area (Å²) in [6, 6.07) is 0. The first-order valence-corrected chi connectivity index (χ1v) is 5.57. The summed E-state index contributed by atoms with van der Waals surface area (Å²) in [6.45, 7) is 4.64. The Bertz CT molecular complexity index is 165. The number of unbranched alkanes of at least 4 members (excludes halogenated alkanes) is 1. The van der Waals surface area contributed by atoms with Crippen molar-refractivity contribution in [3.8, 4) is 0 Å². The molecule has 0 aromatic carbocycles. The number of thiol groups is 1. The average Bonchev–Trinajstić information content (AvgIpc) is 1.98. The van der Waals surface area contributed by atoms with Crippen LogP contribution in [0.2, 0.25) is 0 Å². The standard InChI is InChI=1S/C8H16O4S/c1-4-5-6-13(11-7(2)9)12-8(3)10/h13H,4-6H2,1-3H3. The van der Waals surface area contributed by atoms with Crippen LogP contribution in [-0.2, 0) is 18.0 Å². The molecule has 0 aromatic rings. The summed E-state index contributed by atoms with van der Waals surface area (Å²) in [4.78, 5) is 21.2. The van der Waals surface area contributed by atoms with E-state index in [-0.39, 0.29) is 0 Å². The summed E-state index contributed by atoms with van der Waals surface area (Å²) in [5.41, 5.74) is 0. The van der Waals surface area contributed by atoms with Crippen molar-refractivity contribution in [2.45, 2.75) is 33.6 Å². The van der Waals surface area contributed by atoms with Crippen molar-refractivity contribution in [2.24, 2.45) is 0 Å². The molecule has 0 heterocycles. The largest absolute Gasteiger partial charge is 0.347 e. The first-order chi connectivity index (χ1) is 6.06. The summed E-state index contributed by atoms with van der Waals surface area (Å²) in [6.07, 6.45) is 1.88. The van der Waals surface area contributed by atoms with Crippen LogP contribution >= 0.6 is 11.5 Å². The molecule has 78 valence electrons. The molecular weight excluding hydrogens is 192 g/mol. The Kier molecular flexibility index (Phi) is 6.40. The lowest BCUT2D eigenvalue weighted by atomic mass is 10.4. The summed E-state index contributed by atoms with van der Waals surface area (Å²) < 4.78 is 9.69. The molecule has 0 rings (SSSR count). The van der Waals surface area contributed by atoms with Crippen LogP contribution in [0.5, 0.6) is 0 Å². The van der Waals surface area contributed by atoms with Gasteiger partial charge in [-0.1, -0.05) is 13.3 Å². The zero-order chi connectivity index (χ0) is 10.3. The van der Waals surface area contributed by atoms with Gasteiger partial charge >= 0.3 is 11.9 Å². The Morgan fingerprint density at radius 2 is 1.62 bits per heavy atom. The average molecular weight is 208 g/mol. The molecule has 0 saturated carbocycles. The number of carbonyl (C=O) groups is 2. The van der Waals surface area contributed by atoms with Crippen molar-refractivity contribution in [1.29, 1.82) is 0 Å². The second kappa shape index (κ2) is 6.77. The van der Waals surface area contributed by atoms with Crippen molar-refractivity contribution in [1.82, 2.24) is 0 Å². The van der Waals surface area contributed by atoms with Crippen LogP contribution in [0, 0.1) is 0 Å². The third kappa shape index (κ3) is 7.64. The van der Waals surface area contributed by atoms with Gasteiger partial charge in [0.05, 0.1) is 5.75 Å². The molecule has 0 aliphatic rings. The van der Waals surface area contributed by atoms with E-state index in [0.29, 0.717) is 5.75 Å². The zero-order valence-corrected chi connectivity index (χ0v) is 9.10. The van der Waals surface area contributed by atoms with Gasteiger partial charge in [0.25, 0.3) is 0 Å². The third-order valence-corrected chi connectivity index (χ3v) is 2.76. The highest BCUT2D eigenvalue weighted by molar-refractivity contribution is 8.09. The predicted octanol–water partition coefficient (Wildman–Crippen LogP) is 1.74. The van der Waals surface area contributed by atoms with Crippen LogP contribution in [0.15, 0.2) is 0 Å². The first kappa shape index (κ1) is 12.3. The van der Waals surface area contributed by atoms with Gasteiger partial charge in [0.15, 0.2) is 0 Å². The van der Waals surface area contributed by atoms with Gasteiger partial charge in [0.1, 0.15) is 0 Å². The Hall–Kier alpha value is -0.710. The van der Waals surface area contributed by atoms with Crippen molar-refractivity contribution >= 4 is 23.4 Å². The van der Waals surface area contributed by atoms with E-state index < -0.39 is 23.4 Å². The van der Waals surface area contributed by atoms with Gasteiger partial charge in [-0.2, -0.15) is 0 Å². The van der Waals surface area contributed by atoms with E-state index in [1.54, 1.807) is 0 Å². The molecule has 5 heteroatoms. The molecule has 0 saturated heterocycles. The van der Waals surface area contributed by atoms with Gasteiger partial charge in [-0.05, 0) is 6.42 Å². The number of hydrogen-bond donors (Lipinski definition) is 1. The van der Waals surface area contributed by atoms with Gasteiger partial charge in [0.2, 0.25) is 0 Å². The SMILES string of the molecule is CCCC[SH](OC(C)=O)OC(C)=O. The van der Waals surface area contributed by atoms with Crippen LogP contribution in [0.3, 0.4) is 0 Å². The molecule has 0 spiro atoms. The molecule has 0 amide bonds. The molecule has 0 radical (unpaired) electrons. The smallest absolute Gasteiger partial charge is 0.325 e. The topological polar surface area (TPSA) is 52.6 Å². The van der Waals surface area contributed by atoms with Crippen molar-refractivity contribution in [2.75, 3.05) is 5.75 Å². The second-order valence-electron chi connectivity index (χ2n) is 2.58. The number of carbonyl (C=O) groups excluding carboxylic acids is 2. The van der Waals surface area contributed by atoms with Gasteiger partial charge in [-0.25, -0.2) is 0 Å². The van der Waals surface area contributed by atoms with Crippen LogP contribution in [0.1, 0.15) is 33.6 Å². The minimum Gasteiger partial charge on any atom is -0.347 e. The van der Waals surface area contributed by atoms with Gasteiger partial charge in [-0.3, -0.25) is 9.59 Å². The Labute approximate surface area is 81.4 Å². The molecule has 0 aliphatic heterocycles. The molecule has 0 aromatic heterocycles. The van der Waals surface area contributed by atoms with Crippen LogP contribution in [0.4, 0.5) is 0 Å². The van der Waals surface area contributed by atoms with Gasteiger partial charge in [-0.15, -0.1) is 11.5 Å². The summed E-state index contributed by atoms with van der Waals surface area (Å²) in [5, 5.41) is 0. The number of hydrogen-bond acceptors (Lipinski definition) is 4. The lowest BCUT2D eigenvalue weighted by Gasteiger charge is -2.22. The zero-order valence-electron chi connectivity index (χ0n) is 8.20. The third-order valence-electron chi connectivity index (χ3n) is 1.15. The second-order valence-corrected chi connectivity index (χ2v) is 4.05. The summed E-state index contributed by atoms with van der Waals surface area (Å²) in [7, 11) is 0. The monoisotopic (exact) mass is 208 g/mol. The summed E-state index contributed by atoms with van der Waals surface area (Å²) in [5.74, 6) is -0.169. The van der Waals surface area contributed by atoms with E-state index in [2.05, 4.69) is 0 Å². The Morgan fingerprint density at radius 1 is 1.15 bits per heavy atom. The van der Waals surface area contributed by atoms with E-state index in [4.69, 9.17) is 8.37 Å². The highest BCUT2D eigenvalue weighted by Gasteiger charge is 2.06. The van der Waals surface area contributed by atoms with Crippen LogP contribution in [0.25, 0.3) is 0 Å². The maximum absolute atomic E-state index is 10.6. The molecule has 0 atom stereocenters. The number of rotatable bonds is 5. The normalized spacial score (nSPS) is 10.5. The van der Waals surface area contributed by atoms with E-state index in [1.807, 2.05) is 6.92 Å². The molecular formula is C8H16O4S. The fraction of sp³-hybridized carbons (Fsp3) is 0.750. The molecule has 0 N–H and O–H groups in total. The lowest BCUT2D eigenvalue weighted by molar-refractivity contribution is -0.133. The summed E-state index contributed by atoms with van der Waals surface area (Å²) >= 11 is -1.34. The molecule has 0 unspecified atom stereocenters. The maximum Gasteiger partial charge on any atom is 0.325 e. The van der Waals surface area contributed by atoms with Crippen LogP contribution in [-0.4, -0.2) is 17.7 Å².